The van der Waals surface area contributed by atoms with Gasteiger partial charge in [0.25, 0.3) is 0 Å². The van der Waals surface area contributed by atoms with Crippen LogP contribution in [0.5, 0.6) is 0 Å². The monoisotopic (exact) mass is 489 g/mol. The highest BCUT2D eigenvalue weighted by Crippen LogP contribution is 2.15. The van der Waals surface area contributed by atoms with E-state index in [0.29, 0.717) is 44.0 Å². The van der Waals surface area contributed by atoms with Crippen LogP contribution in [0.2, 0.25) is 0 Å². The molecule has 7 heteroatoms. The maximum atomic E-state index is 13.6. The summed E-state index contributed by atoms with van der Waals surface area (Å²) in [5.74, 6) is -0.513. The molecule has 0 aliphatic carbocycles. The first kappa shape index (κ1) is 23.3. The van der Waals surface area contributed by atoms with Crippen molar-refractivity contribution >= 4 is 29.9 Å². The van der Waals surface area contributed by atoms with E-state index in [-0.39, 0.29) is 24.0 Å². The Morgan fingerprint density at radius 2 is 1.85 bits per heavy atom. The van der Waals surface area contributed by atoms with Gasteiger partial charge in [-0.2, -0.15) is 0 Å². The number of guanidine groups is 1. The third-order valence-electron chi connectivity index (χ3n) is 3.90. The summed E-state index contributed by atoms with van der Waals surface area (Å²) in [6, 6.07) is 13.1. The fraction of sp³-hybridized carbons (Fsp3) is 0.350. The molecule has 0 aliphatic heterocycles. The van der Waals surface area contributed by atoms with E-state index in [0.717, 1.165) is 11.6 Å². The molecule has 0 heterocycles. The average Bonchev–Trinajstić information content (AvgIpc) is 2.64. The molecule has 3 N–H and O–H groups in total. The van der Waals surface area contributed by atoms with Gasteiger partial charge in [0.15, 0.2) is 5.96 Å². The van der Waals surface area contributed by atoms with Crippen LogP contribution in [-0.4, -0.2) is 30.7 Å². The lowest BCUT2D eigenvalue weighted by Crippen LogP contribution is -2.38. The van der Waals surface area contributed by atoms with Gasteiger partial charge in [-0.15, -0.1) is 24.0 Å². The van der Waals surface area contributed by atoms with Gasteiger partial charge >= 0.3 is 0 Å². The normalized spacial score (nSPS) is 12.2. The minimum atomic E-state index is -0.578. The zero-order valence-corrected chi connectivity index (χ0v) is 17.6. The standard InChI is InChI=1S/C20H25F2N3O.HI/c1-2-23-20(24-12-10-15-8-9-17(21)14-18(15)22)25-13-11-19(26)16-6-4-3-5-7-16;/h3-9,14,19,26H,2,10-13H2,1H3,(H2,23,24,25);1H. The van der Waals surface area contributed by atoms with Gasteiger partial charge in [0.1, 0.15) is 11.6 Å². The van der Waals surface area contributed by atoms with Crippen LogP contribution in [0.1, 0.15) is 30.6 Å². The number of aliphatic hydroxyl groups excluding tert-OH is 1. The van der Waals surface area contributed by atoms with Crippen molar-refractivity contribution in [1.29, 1.82) is 0 Å². The molecular weight excluding hydrogens is 463 g/mol. The van der Waals surface area contributed by atoms with Crippen molar-refractivity contribution in [2.75, 3.05) is 19.6 Å². The maximum Gasteiger partial charge on any atom is 0.191 e. The number of hydrogen-bond acceptors (Lipinski definition) is 2. The van der Waals surface area contributed by atoms with Crippen LogP contribution in [0.4, 0.5) is 8.78 Å². The van der Waals surface area contributed by atoms with Crippen molar-refractivity contribution in [3.8, 4) is 0 Å². The zero-order valence-electron chi connectivity index (χ0n) is 15.3. The maximum absolute atomic E-state index is 13.6. The van der Waals surface area contributed by atoms with Crippen LogP contribution in [0.3, 0.4) is 0 Å². The van der Waals surface area contributed by atoms with Crippen molar-refractivity contribution < 1.29 is 13.9 Å². The molecule has 0 radical (unpaired) electrons. The summed E-state index contributed by atoms with van der Waals surface area (Å²) in [6.07, 6.45) is 0.368. The van der Waals surface area contributed by atoms with Gasteiger partial charge in [-0.25, -0.2) is 8.78 Å². The van der Waals surface area contributed by atoms with Crippen molar-refractivity contribution in [3.05, 3.63) is 71.3 Å². The van der Waals surface area contributed by atoms with Crippen LogP contribution in [-0.2, 0) is 6.42 Å². The van der Waals surface area contributed by atoms with E-state index in [4.69, 9.17) is 0 Å². The summed E-state index contributed by atoms with van der Waals surface area (Å²) in [6.45, 7) is 3.57. The second kappa shape index (κ2) is 12.6. The molecule has 4 nitrogen and oxygen atoms in total. The summed E-state index contributed by atoms with van der Waals surface area (Å²) in [5, 5.41) is 16.4. The number of aliphatic imine (C=N–C) groups is 1. The van der Waals surface area contributed by atoms with E-state index >= 15 is 0 Å². The number of rotatable bonds is 8. The highest BCUT2D eigenvalue weighted by atomic mass is 127. The Balaban J connectivity index is 0.00000364. The molecule has 2 rings (SSSR count). The van der Waals surface area contributed by atoms with Crippen molar-refractivity contribution in [2.45, 2.75) is 25.9 Å². The Morgan fingerprint density at radius 3 is 2.52 bits per heavy atom. The summed E-state index contributed by atoms with van der Waals surface area (Å²) in [5.41, 5.74) is 1.32. The molecule has 148 valence electrons. The third-order valence-corrected chi connectivity index (χ3v) is 3.90. The van der Waals surface area contributed by atoms with Crippen LogP contribution in [0.15, 0.2) is 53.5 Å². The topological polar surface area (TPSA) is 56.7 Å². The quantitative estimate of drug-likeness (QED) is 0.301. The molecule has 1 unspecified atom stereocenters. The SMILES string of the molecule is CCNC(=NCCC(O)c1ccccc1)NCCc1ccc(F)cc1F.I. The van der Waals surface area contributed by atoms with Gasteiger partial charge in [0.05, 0.1) is 6.10 Å². The van der Waals surface area contributed by atoms with E-state index in [1.165, 1.54) is 12.1 Å². The highest BCUT2D eigenvalue weighted by Gasteiger charge is 2.07. The number of halogens is 3. The van der Waals surface area contributed by atoms with Gasteiger partial charge in [0.2, 0.25) is 0 Å². The first-order valence-electron chi connectivity index (χ1n) is 8.79. The van der Waals surface area contributed by atoms with Crippen molar-refractivity contribution in [1.82, 2.24) is 10.6 Å². The van der Waals surface area contributed by atoms with Crippen LogP contribution in [0.25, 0.3) is 0 Å². The van der Waals surface area contributed by atoms with E-state index in [2.05, 4.69) is 15.6 Å². The van der Waals surface area contributed by atoms with E-state index in [1.807, 2.05) is 37.3 Å². The predicted molar refractivity (Wildman–Crippen MR) is 115 cm³/mol. The number of hydrogen-bond donors (Lipinski definition) is 3. The first-order chi connectivity index (χ1) is 12.6. The molecule has 0 bridgehead atoms. The number of benzene rings is 2. The van der Waals surface area contributed by atoms with Crippen molar-refractivity contribution in [2.24, 2.45) is 4.99 Å². The molecule has 0 aliphatic rings. The minimum absolute atomic E-state index is 0. The number of aliphatic hydroxyl groups is 1. The molecule has 0 saturated carbocycles. The first-order valence-corrected chi connectivity index (χ1v) is 8.79. The van der Waals surface area contributed by atoms with E-state index in [9.17, 15) is 13.9 Å². The second-order valence-corrected chi connectivity index (χ2v) is 5.89. The lowest BCUT2D eigenvalue weighted by Gasteiger charge is -2.13. The minimum Gasteiger partial charge on any atom is -0.388 e. The largest absolute Gasteiger partial charge is 0.388 e. The van der Waals surface area contributed by atoms with Gasteiger partial charge in [-0.3, -0.25) is 4.99 Å². The van der Waals surface area contributed by atoms with Crippen LogP contribution >= 0.6 is 24.0 Å². The Morgan fingerprint density at radius 1 is 1.11 bits per heavy atom. The molecule has 0 amide bonds. The fourth-order valence-electron chi connectivity index (χ4n) is 2.52. The summed E-state index contributed by atoms with van der Waals surface area (Å²) in [4.78, 5) is 4.43. The summed E-state index contributed by atoms with van der Waals surface area (Å²) >= 11 is 0. The lowest BCUT2D eigenvalue weighted by molar-refractivity contribution is 0.170. The lowest BCUT2D eigenvalue weighted by atomic mass is 10.1. The summed E-state index contributed by atoms with van der Waals surface area (Å²) < 4.78 is 26.6. The van der Waals surface area contributed by atoms with Gasteiger partial charge in [-0.05, 0) is 37.0 Å². The number of nitrogens with zero attached hydrogens (tertiary/aromatic N) is 1. The van der Waals surface area contributed by atoms with Crippen LogP contribution < -0.4 is 10.6 Å². The van der Waals surface area contributed by atoms with E-state index < -0.39 is 17.7 Å². The Bertz CT molecular complexity index is 714. The average molecular weight is 489 g/mol. The highest BCUT2D eigenvalue weighted by molar-refractivity contribution is 14.0. The molecule has 1 atom stereocenters. The Kier molecular flexibility index (Phi) is 10.9. The molecule has 0 aromatic heterocycles. The predicted octanol–water partition coefficient (Wildman–Crippen LogP) is 3.80. The van der Waals surface area contributed by atoms with Gasteiger partial charge in [0, 0.05) is 25.7 Å². The smallest absolute Gasteiger partial charge is 0.191 e. The van der Waals surface area contributed by atoms with Gasteiger partial charge < -0.3 is 15.7 Å². The molecule has 2 aromatic carbocycles. The molecular formula is C20H26F2IN3O. The molecule has 0 saturated heterocycles. The molecule has 0 spiro atoms. The molecule has 27 heavy (non-hydrogen) atoms. The third kappa shape index (κ3) is 8.21. The fourth-order valence-corrected chi connectivity index (χ4v) is 2.52. The Labute approximate surface area is 176 Å². The van der Waals surface area contributed by atoms with Crippen LogP contribution in [0, 0.1) is 11.6 Å². The second-order valence-electron chi connectivity index (χ2n) is 5.89. The summed E-state index contributed by atoms with van der Waals surface area (Å²) in [7, 11) is 0. The van der Waals surface area contributed by atoms with Gasteiger partial charge in [-0.1, -0.05) is 36.4 Å². The number of nitrogens with one attached hydrogen (secondary N) is 2. The zero-order chi connectivity index (χ0) is 18.8. The molecule has 2 aromatic rings. The molecule has 0 fully saturated rings. The van der Waals surface area contributed by atoms with Crippen molar-refractivity contribution in [3.63, 3.8) is 0 Å². The van der Waals surface area contributed by atoms with E-state index in [1.54, 1.807) is 0 Å². The Hall–Kier alpha value is -1.74.